The van der Waals surface area contributed by atoms with E-state index in [0.29, 0.717) is 28.6 Å². The molecule has 0 radical (unpaired) electrons. The SMILES string of the molecule is Cc1ccccc1-c1nnc(CC(=O)c2ccc(OC3CC3)c(NC(=O)CN3CCN(C)CC3)c2)s1. The van der Waals surface area contributed by atoms with Crippen molar-refractivity contribution >= 4 is 28.7 Å². The number of amides is 1. The minimum absolute atomic E-state index is 0.0741. The number of nitrogens with one attached hydrogen (secondary N) is 1. The first-order chi connectivity index (χ1) is 17.4. The van der Waals surface area contributed by atoms with Crippen molar-refractivity contribution in [3.8, 4) is 16.3 Å². The van der Waals surface area contributed by atoms with Gasteiger partial charge in [-0.2, -0.15) is 0 Å². The average molecular weight is 506 g/mol. The van der Waals surface area contributed by atoms with Crippen LogP contribution < -0.4 is 10.1 Å². The summed E-state index contributed by atoms with van der Waals surface area (Å²) >= 11 is 1.43. The zero-order valence-corrected chi connectivity index (χ0v) is 21.5. The lowest BCUT2D eigenvalue weighted by molar-refractivity contribution is -0.117. The third-order valence-electron chi connectivity index (χ3n) is 6.51. The van der Waals surface area contributed by atoms with Crippen LogP contribution in [-0.2, 0) is 11.2 Å². The number of aryl methyl sites for hydroxylation is 1. The van der Waals surface area contributed by atoms with Crippen molar-refractivity contribution in [2.24, 2.45) is 0 Å². The van der Waals surface area contributed by atoms with Crippen molar-refractivity contribution in [1.29, 1.82) is 0 Å². The molecule has 36 heavy (non-hydrogen) atoms. The fourth-order valence-corrected chi connectivity index (χ4v) is 5.08. The van der Waals surface area contributed by atoms with E-state index >= 15 is 0 Å². The van der Waals surface area contributed by atoms with Gasteiger partial charge in [-0.15, -0.1) is 10.2 Å². The highest BCUT2D eigenvalue weighted by molar-refractivity contribution is 7.14. The van der Waals surface area contributed by atoms with E-state index in [9.17, 15) is 9.59 Å². The van der Waals surface area contributed by atoms with Gasteiger partial charge in [-0.05, 0) is 50.6 Å². The topological polar surface area (TPSA) is 87.7 Å². The Kier molecular flexibility index (Phi) is 7.41. The predicted molar refractivity (Wildman–Crippen MR) is 141 cm³/mol. The van der Waals surface area contributed by atoms with E-state index in [-0.39, 0.29) is 24.2 Å². The lowest BCUT2D eigenvalue weighted by Crippen LogP contribution is -2.47. The van der Waals surface area contributed by atoms with Gasteiger partial charge in [-0.25, -0.2) is 0 Å². The van der Waals surface area contributed by atoms with Crippen LogP contribution in [0.4, 0.5) is 5.69 Å². The highest BCUT2D eigenvalue weighted by Gasteiger charge is 2.26. The molecule has 2 heterocycles. The summed E-state index contributed by atoms with van der Waals surface area (Å²) in [4.78, 5) is 30.4. The molecule has 0 atom stereocenters. The molecule has 1 aliphatic carbocycles. The van der Waals surface area contributed by atoms with Gasteiger partial charge in [0.2, 0.25) is 5.91 Å². The minimum atomic E-state index is -0.100. The Morgan fingerprint density at radius 1 is 1.08 bits per heavy atom. The van der Waals surface area contributed by atoms with E-state index in [2.05, 4.69) is 32.4 Å². The lowest BCUT2D eigenvalue weighted by Gasteiger charge is -2.31. The van der Waals surface area contributed by atoms with Crippen LogP contribution in [-0.4, -0.2) is 77.6 Å². The van der Waals surface area contributed by atoms with E-state index in [1.165, 1.54) is 11.3 Å². The number of nitrogens with zero attached hydrogens (tertiary/aromatic N) is 4. The number of hydrogen-bond donors (Lipinski definition) is 1. The Morgan fingerprint density at radius 2 is 1.86 bits per heavy atom. The number of piperazine rings is 1. The average Bonchev–Trinajstić information content (AvgIpc) is 3.57. The van der Waals surface area contributed by atoms with E-state index < -0.39 is 0 Å². The van der Waals surface area contributed by atoms with Crippen LogP contribution in [0.3, 0.4) is 0 Å². The van der Waals surface area contributed by atoms with E-state index in [4.69, 9.17) is 4.74 Å². The fraction of sp³-hybridized carbons (Fsp3) is 0.407. The highest BCUT2D eigenvalue weighted by Crippen LogP contribution is 2.33. The van der Waals surface area contributed by atoms with Crippen molar-refractivity contribution in [3.63, 3.8) is 0 Å². The number of benzene rings is 2. The molecule has 1 aromatic heterocycles. The zero-order valence-electron chi connectivity index (χ0n) is 20.7. The third kappa shape index (κ3) is 6.16. The molecule has 0 bridgehead atoms. The largest absolute Gasteiger partial charge is 0.488 e. The second kappa shape index (κ2) is 10.9. The number of hydrogen-bond acceptors (Lipinski definition) is 8. The number of rotatable bonds is 9. The van der Waals surface area contributed by atoms with Crippen molar-refractivity contribution in [1.82, 2.24) is 20.0 Å². The smallest absolute Gasteiger partial charge is 0.238 e. The summed E-state index contributed by atoms with van der Waals surface area (Å²) in [7, 11) is 2.09. The summed E-state index contributed by atoms with van der Waals surface area (Å²) < 4.78 is 6.01. The van der Waals surface area contributed by atoms with Gasteiger partial charge in [0.05, 0.1) is 24.8 Å². The molecule has 0 unspecified atom stereocenters. The molecule has 1 amide bonds. The Bertz CT molecular complexity index is 1250. The molecule has 1 saturated carbocycles. The van der Waals surface area contributed by atoms with E-state index in [0.717, 1.165) is 55.2 Å². The van der Waals surface area contributed by atoms with Gasteiger partial charge in [0, 0.05) is 37.3 Å². The fourth-order valence-electron chi connectivity index (χ4n) is 4.15. The number of likely N-dealkylation sites (N-methyl/N-ethyl adjacent to an activating group) is 1. The van der Waals surface area contributed by atoms with Gasteiger partial charge in [0.1, 0.15) is 15.8 Å². The van der Waals surface area contributed by atoms with Crippen LogP contribution in [0.25, 0.3) is 10.6 Å². The number of ketones is 1. The van der Waals surface area contributed by atoms with Gasteiger partial charge < -0.3 is 15.0 Å². The molecule has 2 fully saturated rings. The third-order valence-corrected chi connectivity index (χ3v) is 7.47. The van der Waals surface area contributed by atoms with Gasteiger partial charge in [-0.1, -0.05) is 35.6 Å². The number of Topliss-reactive ketones (excluding diaryl/α,β-unsaturated/α-hetero) is 1. The molecule has 188 valence electrons. The summed E-state index contributed by atoms with van der Waals surface area (Å²) in [6, 6.07) is 13.3. The molecule has 1 saturated heterocycles. The van der Waals surface area contributed by atoms with Crippen molar-refractivity contribution < 1.29 is 14.3 Å². The second-order valence-corrected chi connectivity index (χ2v) is 10.6. The number of ether oxygens (including phenoxy) is 1. The number of anilines is 1. The van der Waals surface area contributed by atoms with Gasteiger partial charge >= 0.3 is 0 Å². The van der Waals surface area contributed by atoms with Crippen molar-refractivity contribution in [2.75, 3.05) is 45.1 Å². The summed E-state index contributed by atoms with van der Waals surface area (Å²) in [6.45, 7) is 5.98. The Hall–Kier alpha value is -3.14. The molecule has 5 rings (SSSR count). The van der Waals surface area contributed by atoms with E-state index in [1.54, 1.807) is 18.2 Å². The van der Waals surface area contributed by atoms with Crippen molar-refractivity contribution in [3.05, 3.63) is 58.6 Å². The molecule has 3 aromatic rings. The first-order valence-electron chi connectivity index (χ1n) is 12.4. The predicted octanol–water partition coefficient (Wildman–Crippen LogP) is 3.67. The highest BCUT2D eigenvalue weighted by atomic mass is 32.1. The Balaban J connectivity index is 1.28. The second-order valence-electron chi connectivity index (χ2n) is 9.57. The van der Waals surface area contributed by atoms with Crippen LogP contribution >= 0.6 is 11.3 Å². The molecule has 2 aromatic carbocycles. The minimum Gasteiger partial charge on any atom is -0.488 e. The summed E-state index contributed by atoms with van der Waals surface area (Å²) in [5.41, 5.74) is 3.21. The monoisotopic (exact) mass is 505 g/mol. The molecule has 1 N–H and O–H groups in total. The summed E-state index contributed by atoms with van der Waals surface area (Å²) in [6.07, 6.45) is 2.35. The maximum Gasteiger partial charge on any atom is 0.238 e. The molecule has 8 nitrogen and oxygen atoms in total. The number of aromatic nitrogens is 2. The maximum absolute atomic E-state index is 13.1. The number of carbonyl (C=O) groups excluding carboxylic acids is 2. The molecular formula is C27H31N5O3S. The van der Waals surface area contributed by atoms with Gasteiger partial charge in [0.25, 0.3) is 0 Å². The zero-order chi connectivity index (χ0) is 25.1. The normalized spacial score (nSPS) is 16.6. The Morgan fingerprint density at radius 3 is 2.61 bits per heavy atom. The van der Waals surface area contributed by atoms with E-state index in [1.807, 2.05) is 31.2 Å². The van der Waals surface area contributed by atoms with Crippen LogP contribution in [0.1, 0.15) is 33.8 Å². The molecule has 9 heteroatoms. The molecule has 0 spiro atoms. The Labute approximate surface area is 215 Å². The molecule has 1 aliphatic heterocycles. The van der Waals surface area contributed by atoms with Crippen LogP contribution in [0.15, 0.2) is 42.5 Å². The van der Waals surface area contributed by atoms with Crippen LogP contribution in [0, 0.1) is 6.92 Å². The molecule has 2 aliphatic rings. The van der Waals surface area contributed by atoms with Crippen LogP contribution in [0.2, 0.25) is 0 Å². The number of carbonyl (C=O) groups is 2. The lowest BCUT2D eigenvalue weighted by atomic mass is 10.1. The van der Waals surface area contributed by atoms with Gasteiger partial charge in [-0.3, -0.25) is 14.5 Å². The summed E-state index contributed by atoms with van der Waals surface area (Å²) in [5, 5.41) is 13.0. The van der Waals surface area contributed by atoms with Crippen molar-refractivity contribution in [2.45, 2.75) is 32.3 Å². The maximum atomic E-state index is 13.1. The quantitative estimate of drug-likeness (QED) is 0.444. The first-order valence-corrected chi connectivity index (χ1v) is 13.2. The molecular weight excluding hydrogens is 474 g/mol. The first kappa shape index (κ1) is 24.5. The van der Waals surface area contributed by atoms with Crippen LogP contribution in [0.5, 0.6) is 5.75 Å². The standard InChI is InChI=1S/C27H31N5O3S/c1-18-5-3-4-6-21(18)27-30-29-26(36-27)16-23(33)19-7-10-24(35-20-8-9-20)22(15-19)28-25(34)17-32-13-11-31(2)12-14-32/h3-7,10,15,20H,8-9,11-14,16-17H2,1-2H3,(H,28,34). The van der Waals surface area contributed by atoms with Gasteiger partial charge in [0.15, 0.2) is 5.78 Å². The summed E-state index contributed by atoms with van der Waals surface area (Å²) in [5.74, 6) is 0.436.